The lowest BCUT2D eigenvalue weighted by atomic mass is 10.1. The van der Waals surface area contributed by atoms with Crippen LogP contribution in [0.5, 0.6) is 0 Å². The van der Waals surface area contributed by atoms with Gasteiger partial charge in [0.15, 0.2) is 0 Å². The largest absolute Gasteiger partial charge is 0.416 e. The number of H-pyrrole nitrogens is 1. The number of alkyl halides is 3. The molecule has 1 aromatic carbocycles. The van der Waals surface area contributed by atoms with Crippen LogP contribution in [0.15, 0.2) is 35.1 Å². The number of aromatic amines is 1. The van der Waals surface area contributed by atoms with E-state index < -0.39 is 29.2 Å². The molecule has 0 saturated carbocycles. The molecule has 3 rings (SSSR count). The first kappa shape index (κ1) is 18.9. The van der Waals surface area contributed by atoms with E-state index in [4.69, 9.17) is 0 Å². The summed E-state index contributed by atoms with van der Waals surface area (Å²) in [5.41, 5.74) is -0.698. The van der Waals surface area contributed by atoms with E-state index in [1.54, 1.807) is 6.92 Å². The van der Waals surface area contributed by atoms with E-state index in [0.717, 1.165) is 44.1 Å². The van der Waals surface area contributed by atoms with Crippen molar-refractivity contribution in [2.75, 3.05) is 18.0 Å². The van der Waals surface area contributed by atoms with Crippen LogP contribution in [0.4, 0.5) is 19.1 Å². The minimum atomic E-state index is -4.41. The van der Waals surface area contributed by atoms with Gasteiger partial charge in [-0.05, 0) is 37.5 Å². The van der Waals surface area contributed by atoms with Crippen molar-refractivity contribution < 1.29 is 18.0 Å². The van der Waals surface area contributed by atoms with Crippen LogP contribution >= 0.6 is 0 Å². The van der Waals surface area contributed by atoms with Gasteiger partial charge in [-0.1, -0.05) is 12.1 Å². The Balaban J connectivity index is 1.74. The van der Waals surface area contributed by atoms with E-state index in [-0.39, 0.29) is 5.69 Å². The van der Waals surface area contributed by atoms with Crippen LogP contribution < -0.4 is 15.8 Å². The molecule has 6 nitrogen and oxygen atoms in total. The van der Waals surface area contributed by atoms with Gasteiger partial charge in [-0.2, -0.15) is 13.2 Å². The molecule has 1 aromatic heterocycles. The molecule has 1 amide bonds. The summed E-state index contributed by atoms with van der Waals surface area (Å²) in [6.07, 6.45) is -2.43. The highest BCUT2D eigenvalue weighted by atomic mass is 19.4. The maximum absolute atomic E-state index is 12.6. The smallest absolute Gasteiger partial charge is 0.344 e. The number of rotatable bonds is 4. The fourth-order valence-electron chi connectivity index (χ4n) is 2.95. The van der Waals surface area contributed by atoms with Crippen molar-refractivity contribution in [2.24, 2.45) is 0 Å². The van der Waals surface area contributed by atoms with E-state index >= 15 is 0 Å². The number of carbonyl (C=O) groups excluding carboxylic acids is 1. The van der Waals surface area contributed by atoms with Crippen LogP contribution in [-0.2, 0) is 6.18 Å². The van der Waals surface area contributed by atoms with Gasteiger partial charge >= 0.3 is 6.18 Å². The second-order valence-corrected chi connectivity index (χ2v) is 6.46. The Labute approximate surface area is 153 Å². The van der Waals surface area contributed by atoms with E-state index in [1.165, 1.54) is 12.1 Å². The van der Waals surface area contributed by atoms with Crippen LogP contribution in [-0.4, -0.2) is 29.0 Å². The first-order valence-electron chi connectivity index (χ1n) is 8.58. The molecule has 1 aliphatic rings. The van der Waals surface area contributed by atoms with E-state index in [0.29, 0.717) is 11.5 Å². The summed E-state index contributed by atoms with van der Waals surface area (Å²) >= 11 is 0. The van der Waals surface area contributed by atoms with Gasteiger partial charge < -0.3 is 10.2 Å². The molecular formula is C18H19F3N4O2. The van der Waals surface area contributed by atoms with Crippen molar-refractivity contribution in [3.63, 3.8) is 0 Å². The Hall–Kier alpha value is -2.84. The van der Waals surface area contributed by atoms with Gasteiger partial charge in [-0.3, -0.25) is 14.6 Å². The molecule has 1 aliphatic heterocycles. The number of hydrogen-bond donors (Lipinski definition) is 2. The number of nitrogens with one attached hydrogen (secondary N) is 2. The van der Waals surface area contributed by atoms with Crippen molar-refractivity contribution in [2.45, 2.75) is 32.0 Å². The number of anilines is 1. The van der Waals surface area contributed by atoms with Gasteiger partial charge in [0.25, 0.3) is 11.5 Å². The molecule has 9 heteroatoms. The molecule has 2 aromatic rings. The zero-order valence-corrected chi connectivity index (χ0v) is 14.6. The molecule has 27 heavy (non-hydrogen) atoms. The van der Waals surface area contributed by atoms with E-state index in [1.807, 2.05) is 4.90 Å². The summed E-state index contributed by atoms with van der Waals surface area (Å²) < 4.78 is 37.9. The molecule has 0 aliphatic carbocycles. The van der Waals surface area contributed by atoms with E-state index in [9.17, 15) is 22.8 Å². The highest BCUT2D eigenvalue weighted by molar-refractivity contribution is 5.92. The lowest BCUT2D eigenvalue weighted by Crippen LogP contribution is -2.31. The average molecular weight is 380 g/mol. The number of amides is 1. The maximum atomic E-state index is 12.6. The lowest BCUT2D eigenvalue weighted by molar-refractivity contribution is -0.137. The van der Waals surface area contributed by atoms with Crippen molar-refractivity contribution in [3.8, 4) is 0 Å². The Morgan fingerprint density at radius 1 is 1.22 bits per heavy atom. The van der Waals surface area contributed by atoms with Crippen LogP contribution in [0.3, 0.4) is 0 Å². The topological polar surface area (TPSA) is 78.1 Å². The monoisotopic (exact) mass is 380 g/mol. The van der Waals surface area contributed by atoms with Gasteiger partial charge in [0.1, 0.15) is 5.69 Å². The normalized spacial score (nSPS) is 15.6. The predicted molar refractivity (Wildman–Crippen MR) is 93.6 cm³/mol. The van der Waals surface area contributed by atoms with Crippen LogP contribution in [0.25, 0.3) is 0 Å². The van der Waals surface area contributed by atoms with Gasteiger partial charge in [-0.15, -0.1) is 0 Å². The quantitative estimate of drug-likeness (QED) is 0.855. The summed E-state index contributed by atoms with van der Waals surface area (Å²) in [7, 11) is 0. The van der Waals surface area contributed by atoms with Crippen molar-refractivity contribution >= 4 is 11.9 Å². The van der Waals surface area contributed by atoms with Crippen LogP contribution in [0, 0.1) is 0 Å². The SMILES string of the molecule is C[C@@H](NC(=O)c1cc(=O)[nH]c(N2CCCC2)n1)c1ccc(C(F)(F)F)cc1. The van der Waals surface area contributed by atoms with Gasteiger partial charge in [-0.25, -0.2) is 4.98 Å². The lowest BCUT2D eigenvalue weighted by Gasteiger charge is -2.17. The molecule has 2 N–H and O–H groups in total. The molecule has 2 heterocycles. The van der Waals surface area contributed by atoms with Crippen molar-refractivity contribution in [1.82, 2.24) is 15.3 Å². The third-order valence-electron chi connectivity index (χ3n) is 4.45. The standard InChI is InChI=1S/C18H19F3N4O2/c1-11(12-4-6-13(7-5-12)18(19,20)21)22-16(27)14-10-15(26)24-17(23-14)25-8-2-3-9-25/h4-7,10-11H,2-3,8-9H2,1H3,(H,22,27)(H,23,24,26)/t11-/m1/s1. The number of benzene rings is 1. The highest BCUT2D eigenvalue weighted by Gasteiger charge is 2.30. The third kappa shape index (κ3) is 4.47. The van der Waals surface area contributed by atoms with Gasteiger partial charge in [0.2, 0.25) is 5.95 Å². The van der Waals surface area contributed by atoms with Crippen molar-refractivity contribution in [3.05, 3.63) is 57.5 Å². The zero-order chi connectivity index (χ0) is 19.6. The molecule has 1 fully saturated rings. The summed E-state index contributed by atoms with van der Waals surface area (Å²) in [5.74, 6) is -0.207. The summed E-state index contributed by atoms with van der Waals surface area (Å²) in [6.45, 7) is 3.17. The predicted octanol–water partition coefficient (Wildman–Crippen LogP) is 2.88. The molecule has 0 unspecified atom stereocenters. The third-order valence-corrected chi connectivity index (χ3v) is 4.45. The first-order chi connectivity index (χ1) is 12.7. The Kier molecular flexibility index (Phi) is 5.20. The highest BCUT2D eigenvalue weighted by Crippen LogP contribution is 2.29. The van der Waals surface area contributed by atoms with Crippen molar-refractivity contribution in [1.29, 1.82) is 0 Å². The van der Waals surface area contributed by atoms with Crippen LogP contribution in [0.1, 0.15) is 47.4 Å². The van der Waals surface area contributed by atoms with Crippen LogP contribution in [0.2, 0.25) is 0 Å². The molecule has 0 radical (unpaired) electrons. The summed E-state index contributed by atoms with van der Waals surface area (Å²) in [4.78, 5) is 33.0. The van der Waals surface area contributed by atoms with E-state index in [2.05, 4.69) is 15.3 Å². The Morgan fingerprint density at radius 3 is 2.44 bits per heavy atom. The van der Waals surface area contributed by atoms with Gasteiger partial charge in [0, 0.05) is 19.2 Å². The molecule has 0 bridgehead atoms. The zero-order valence-electron chi connectivity index (χ0n) is 14.6. The Bertz CT molecular complexity index is 871. The average Bonchev–Trinajstić information content (AvgIpc) is 3.15. The fourth-order valence-corrected chi connectivity index (χ4v) is 2.95. The number of aromatic nitrogens is 2. The molecule has 144 valence electrons. The molecule has 1 saturated heterocycles. The second-order valence-electron chi connectivity index (χ2n) is 6.46. The maximum Gasteiger partial charge on any atom is 0.416 e. The number of hydrogen-bond acceptors (Lipinski definition) is 4. The molecular weight excluding hydrogens is 361 g/mol. The number of nitrogens with zero attached hydrogens (tertiary/aromatic N) is 2. The summed E-state index contributed by atoms with van der Waals surface area (Å²) in [6, 6.07) is 5.12. The summed E-state index contributed by atoms with van der Waals surface area (Å²) in [5, 5.41) is 2.66. The minimum Gasteiger partial charge on any atom is -0.344 e. The second kappa shape index (κ2) is 7.42. The minimum absolute atomic E-state index is 0.0283. The number of carbonyl (C=O) groups is 1. The Morgan fingerprint density at radius 2 is 1.85 bits per heavy atom. The molecule has 1 atom stereocenters. The number of halogens is 3. The van der Waals surface area contributed by atoms with Gasteiger partial charge in [0.05, 0.1) is 11.6 Å². The fraction of sp³-hybridized carbons (Fsp3) is 0.389. The first-order valence-corrected chi connectivity index (χ1v) is 8.58. The molecule has 0 spiro atoms.